The van der Waals surface area contributed by atoms with Crippen LogP contribution in [0.5, 0.6) is 0 Å². The number of aromatic nitrogens is 4. The first-order valence-corrected chi connectivity index (χ1v) is 9.66. The first-order valence-electron chi connectivity index (χ1n) is 8.84. The van der Waals surface area contributed by atoms with E-state index in [1.807, 2.05) is 0 Å². The van der Waals surface area contributed by atoms with E-state index in [-0.39, 0.29) is 11.3 Å². The standard InChI is InChI=1S/C20H13FN6O3S/c21-16-3-1-2-4-18(16)31-17-7-6-14(27(29)30)9-15(17)20(28)25-13-5-8-19(23-10-13)26-12-22-11-24-26/h1-12H,(H,25,28). The van der Waals surface area contributed by atoms with Crippen LogP contribution in [-0.4, -0.2) is 30.6 Å². The number of hydrogen-bond donors (Lipinski definition) is 1. The number of hydrogen-bond acceptors (Lipinski definition) is 7. The van der Waals surface area contributed by atoms with Crippen LogP contribution in [0, 0.1) is 15.9 Å². The molecule has 2 heterocycles. The molecule has 0 aliphatic carbocycles. The van der Waals surface area contributed by atoms with Crippen LogP contribution in [0.4, 0.5) is 15.8 Å². The van der Waals surface area contributed by atoms with Crippen molar-refractivity contribution in [2.45, 2.75) is 9.79 Å². The molecule has 0 saturated heterocycles. The highest BCUT2D eigenvalue weighted by molar-refractivity contribution is 7.99. The van der Waals surface area contributed by atoms with E-state index in [4.69, 9.17) is 0 Å². The molecule has 2 aromatic carbocycles. The number of nitrogens with one attached hydrogen (secondary N) is 1. The Kier molecular flexibility index (Phi) is 5.67. The summed E-state index contributed by atoms with van der Waals surface area (Å²) in [5.41, 5.74) is 0.174. The Bertz CT molecular complexity index is 1250. The maximum atomic E-state index is 14.1. The average molecular weight is 436 g/mol. The van der Waals surface area contributed by atoms with Crippen LogP contribution >= 0.6 is 11.8 Å². The molecule has 9 nitrogen and oxygen atoms in total. The maximum absolute atomic E-state index is 14.1. The number of benzene rings is 2. The third-order valence-electron chi connectivity index (χ3n) is 4.13. The molecule has 0 aliphatic rings. The fourth-order valence-corrected chi connectivity index (χ4v) is 3.61. The predicted molar refractivity (Wildman–Crippen MR) is 111 cm³/mol. The molecule has 0 atom stereocenters. The Morgan fingerprint density at radius 2 is 1.97 bits per heavy atom. The first-order chi connectivity index (χ1) is 15.0. The zero-order valence-corrected chi connectivity index (χ0v) is 16.5. The van der Waals surface area contributed by atoms with E-state index >= 15 is 0 Å². The van der Waals surface area contributed by atoms with Crippen LogP contribution in [-0.2, 0) is 0 Å². The van der Waals surface area contributed by atoms with Crippen LogP contribution in [0.1, 0.15) is 10.4 Å². The van der Waals surface area contributed by atoms with Gasteiger partial charge in [0, 0.05) is 21.9 Å². The number of nitrogens with zero attached hydrogens (tertiary/aromatic N) is 5. The minimum Gasteiger partial charge on any atom is -0.321 e. The molecular weight excluding hydrogens is 423 g/mol. The van der Waals surface area contributed by atoms with Gasteiger partial charge >= 0.3 is 0 Å². The first kappa shape index (κ1) is 20.2. The van der Waals surface area contributed by atoms with E-state index in [1.165, 1.54) is 41.7 Å². The van der Waals surface area contributed by atoms with E-state index in [9.17, 15) is 19.3 Å². The molecule has 4 aromatic rings. The monoisotopic (exact) mass is 436 g/mol. The van der Waals surface area contributed by atoms with E-state index in [2.05, 4.69) is 20.4 Å². The number of amides is 1. The number of nitro groups is 1. The van der Waals surface area contributed by atoms with Crippen LogP contribution in [0.2, 0.25) is 0 Å². The van der Waals surface area contributed by atoms with Gasteiger partial charge in [0.2, 0.25) is 0 Å². The number of rotatable bonds is 6. The summed E-state index contributed by atoms with van der Waals surface area (Å²) < 4.78 is 15.5. The lowest BCUT2D eigenvalue weighted by Crippen LogP contribution is -2.14. The highest BCUT2D eigenvalue weighted by Gasteiger charge is 2.19. The van der Waals surface area contributed by atoms with Crippen molar-refractivity contribution in [1.82, 2.24) is 19.7 Å². The van der Waals surface area contributed by atoms with Crippen LogP contribution in [0.3, 0.4) is 0 Å². The Hall–Kier alpha value is -4.12. The number of anilines is 1. The highest BCUT2D eigenvalue weighted by Crippen LogP contribution is 2.34. The molecule has 31 heavy (non-hydrogen) atoms. The number of pyridine rings is 1. The zero-order chi connectivity index (χ0) is 21.8. The number of non-ortho nitro benzene ring substituents is 1. The van der Waals surface area contributed by atoms with E-state index in [0.717, 1.165) is 17.8 Å². The third kappa shape index (κ3) is 4.56. The van der Waals surface area contributed by atoms with Gasteiger partial charge in [-0.25, -0.2) is 19.0 Å². The van der Waals surface area contributed by atoms with Crippen molar-refractivity contribution in [1.29, 1.82) is 0 Å². The van der Waals surface area contributed by atoms with Gasteiger partial charge in [0.15, 0.2) is 5.82 Å². The fourth-order valence-electron chi connectivity index (χ4n) is 2.66. The molecule has 4 rings (SSSR count). The van der Waals surface area contributed by atoms with Gasteiger partial charge < -0.3 is 5.32 Å². The average Bonchev–Trinajstić information content (AvgIpc) is 3.31. The number of nitro benzene ring substituents is 1. The Morgan fingerprint density at radius 3 is 2.65 bits per heavy atom. The second-order valence-electron chi connectivity index (χ2n) is 6.17. The molecule has 2 aromatic heterocycles. The van der Waals surface area contributed by atoms with Crippen molar-refractivity contribution in [2.24, 2.45) is 0 Å². The zero-order valence-electron chi connectivity index (χ0n) is 15.7. The molecule has 0 bridgehead atoms. The summed E-state index contributed by atoms with van der Waals surface area (Å²) in [4.78, 5) is 32.2. The van der Waals surface area contributed by atoms with Gasteiger partial charge in [-0.3, -0.25) is 14.9 Å². The third-order valence-corrected chi connectivity index (χ3v) is 5.26. The smallest absolute Gasteiger partial charge is 0.270 e. The molecule has 0 unspecified atom stereocenters. The van der Waals surface area contributed by atoms with Gasteiger partial charge in [-0.2, -0.15) is 5.10 Å². The predicted octanol–water partition coefficient (Wildman–Crippen LogP) is 4.11. The molecule has 0 fully saturated rings. The van der Waals surface area contributed by atoms with Crippen molar-refractivity contribution >= 4 is 29.0 Å². The van der Waals surface area contributed by atoms with E-state index < -0.39 is 16.6 Å². The second-order valence-corrected chi connectivity index (χ2v) is 7.25. The minimum atomic E-state index is -0.594. The van der Waals surface area contributed by atoms with Gasteiger partial charge in [0.05, 0.1) is 22.4 Å². The molecule has 154 valence electrons. The molecule has 0 radical (unpaired) electrons. The van der Waals surface area contributed by atoms with Crippen molar-refractivity contribution in [3.63, 3.8) is 0 Å². The van der Waals surface area contributed by atoms with Crippen molar-refractivity contribution in [3.05, 3.63) is 94.9 Å². The Balaban J connectivity index is 1.62. The van der Waals surface area contributed by atoms with Crippen molar-refractivity contribution in [3.8, 4) is 5.82 Å². The van der Waals surface area contributed by atoms with E-state index in [1.54, 1.807) is 30.3 Å². The Labute approximate surface area is 179 Å². The summed E-state index contributed by atoms with van der Waals surface area (Å²) in [6.07, 6.45) is 4.28. The summed E-state index contributed by atoms with van der Waals surface area (Å²) in [5, 5.41) is 17.8. The normalized spacial score (nSPS) is 10.6. The molecule has 11 heteroatoms. The molecule has 0 aliphatic heterocycles. The lowest BCUT2D eigenvalue weighted by molar-refractivity contribution is -0.384. The molecular formula is C20H13FN6O3S. The van der Waals surface area contributed by atoms with Crippen LogP contribution in [0.25, 0.3) is 5.82 Å². The summed E-state index contributed by atoms with van der Waals surface area (Å²) in [6.45, 7) is 0. The number of carbonyl (C=O) groups is 1. The lowest BCUT2D eigenvalue weighted by Gasteiger charge is -2.11. The highest BCUT2D eigenvalue weighted by atomic mass is 32.2. The summed E-state index contributed by atoms with van der Waals surface area (Å²) in [6, 6.07) is 13.2. The SMILES string of the molecule is O=C(Nc1ccc(-n2cncn2)nc1)c1cc([N+](=O)[O-])ccc1Sc1ccccc1F. The molecule has 0 spiro atoms. The van der Waals surface area contributed by atoms with Crippen LogP contribution in [0.15, 0.2) is 83.2 Å². The van der Waals surface area contributed by atoms with Gasteiger partial charge in [0.1, 0.15) is 18.5 Å². The van der Waals surface area contributed by atoms with E-state index in [0.29, 0.717) is 21.3 Å². The quantitative estimate of drug-likeness (QED) is 0.357. The largest absolute Gasteiger partial charge is 0.321 e. The summed E-state index contributed by atoms with van der Waals surface area (Å²) in [7, 11) is 0. The Morgan fingerprint density at radius 1 is 1.13 bits per heavy atom. The summed E-state index contributed by atoms with van der Waals surface area (Å²) >= 11 is 1.01. The number of halogens is 1. The van der Waals surface area contributed by atoms with Gasteiger partial charge in [-0.15, -0.1) is 0 Å². The van der Waals surface area contributed by atoms with Gasteiger partial charge in [0.25, 0.3) is 11.6 Å². The van der Waals surface area contributed by atoms with Crippen molar-refractivity contribution < 1.29 is 14.1 Å². The van der Waals surface area contributed by atoms with Gasteiger partial charge in [-0.1, -0.05) is 23.9 Å². The minimum absolute atomic E-state index is 0.0443. The molecule has 1 N–H and O–H groups in total. The van der Waals surface area contributed by atoms with Crippen LogP contribution < -0.4 is 5.32 Å². The van der Waals surface area contributed by atoms with Crippen molar-refractivity contribution in [2.75, 3.05) is 5.32 Å². The second kappa shape index (κ2) is 8.71. The maximum Gasteiger partial charge on any atom is 0.270 e. The molecule has 1 amide bonds. The topological polar surface area (TPSA) is 116 Å². The summed E-state index contributed by atoms with van der Waals surface area (Å²) in [5.74, 6) is -0.537. The van der Waals surface area contributed by atoms with Gasteiger partial charge in [-0.05, 0) is 30.3 Å². The molecule has 0 saturated carbocycles. The fraction of sp³-hybridized carbons (Fsp3) is 0. The number of carbonyl (C=O) groups excluding carboxylic acids is 1. The lowest BCUT2D eigenvalue weighted by atomic mass is 10.2.